The SMILES string of the molecule is Cc1ccc(C(C)(C)c2ccc(C)c(C)c2)cc1.Cc1ccc(C(F)(F)c2ccccc2C)cc1C.Cc1cccc(C(C)(C)c2ccc(C)c(C)c2)c1.Cc1cccc(C(F)(F)c2ccc(C)c(C)c2)c1. The molecule has 0 amide bonds. The van der Waals surface area contributed by atoms with E-state index in [9.17, 15) is 17.6 Å². The summed E-state index contributed by atoms with van der Waals surface area (Å²) in [5.41, 5.74) is 19.3. The van der Waals surface area contributed by atoms with Crippen LogP contribution in [0.3, 0.4) is 0 Å². The van der Waals surface area contributed by atoms with Crippen LogP contribution in [0.25, 0.3) is 0 Å². The molecule has 0 spiro atoms. The molecule has 0 aromatic heterocycles. The van der Waals surface area contributed by atoms with E-state index in [0.717, 1.165) is 27.8 Å². The molecule has 0 aliphatic rings. The summed E-state index contributed by atoms with van der Waals surface area (Å²) in [6.07, 6.45) is 0. The first-order valence-electron chi connectivity index (χ1n) is 25.0. The summed E-state index contributed by atoms with van der Waals surface area (Å²) in [5.74, 6) is -5.88. The number of hydrogen-bond donors (Lipinski definition) is 0. The van der Waals surface area contributed by atoms with Crippen molar-refractivity contribution < 1.29 is 17.6 Å². The van der Waals surface area contributed by atoms with Gasteiger partial charge in [-0.2, -0.15) is 17.6 Å². The van der Waals surface area contributed by atoms with Gasteiger partial charge in [-0.3, -0.25) is 0 Å². The average Bonchev–Trinajstić information content (AvgIpc) is 3.33. The Balaban J connectivity index is 0.000000178. The van der Waals surface area contributed by atoms with Crippen LogP contribution in [0.4, 0.5) is 17.6 Å². The molecule has 8 rings (SSSR count). The molecule has 376 valence electrons. The highest BCUT2D eigenvalue weighted by atomic mass is 19.3. The zero-order valence-electron chi connectivity index (χ0n) is 45.7. The molecule has 0 unspecified atom stereocenters. The maximum absolute atomic E-state index is 14.5. The van der Waals surface area contributed by atoms with Crippen molar-refractivity contribution in [2.45, 2.75) is 133 Å². The van der Waals surface area contributed by atoms with E-state index in [1.165, 1.54) is 86.0 Å². The number of rotatable bonds is 8. The van der Waals surface area contributed by atoms with Gasteiger partial charge in [-0.25, -0.2) is 0 Å². The number of benzene rings is 8. The molecule has 4 heteroatoms. The van der Waals surface area contributed by atoms with Crippen molar-refractivity contribution in [2.24, 2.45) is 0 Å². The van der Waals surface area contributed by atoms with Crippen LogP contribution in [-0.2, 0) is 22.7 Å². The van der Waals surface area contributed by atoms with Gasteiger partial charge in [0.05, 0.1) is 0 Å². The van der Waals surface area contributed by atoms with Gasteiger partial charge in [0, 0.05) is 33.1 Å². The standard InChI is InChI=1S/2C18H22.2C16H16F2/c1-13-6-9-16(10-7-13)18(4,5)17-11-8-14(2)15(3)12-17;1-13-7-6-8-16(11-13)18(4,5)17-10-9-14(2)15(3)12-17;1-11-5-4-6-14(9-11)16(17,18)15-8-7-12(2)13(3)10-15;1-11-8-9-14(10-13(11)3)16(17,18)15-7-5-4-6-12(15)2/h2*6-12H,1-5H3;2*4-10H,1-3H3. The lowest BCUT2D eigenvalue weighted by atomic mass is 9.77. The van der Waals surface area contributed by atoms with E-state index in [0.29, 0.717) is 5.56 Å². The molecule has 8 aromatic rings. The largest absolute Gasteiger partial charge is 0.298 e. The minimum absolute atomic E-state index is 0.0470. The fourth-order valence-electron chi connectivity index (χ4n) is 8.56. The van der Waals surface area contributed by atoms with Crippen molar-refractivity contribution in [1.29, 1.82) is 0 Å². The van der Waals surface area contributed by atoms with E-state index in [-0.39, 0.29) is 33.1 Å². The molecule has 0 aliphatic carbocycles. The van der Waals surface area contributed by atoms with E-state index in [2.05, 4.69) is 154 Å². The molecule has 0 radical (unpaired) electrons. The molecule has 0 aliphatic heterocycles. The third-order valence-electron chi connectivity index (χ3n) is 14.6. The summed E-state index contributed by atoms with van der Waals surface area (Å²) >= 11 is 0. The first-order chi connectivity index (χ1) is 33.7. The Kier molecular flexibility index (Phi) is 18.3. The van der Waals surface area contributed by atoms with Gasteiger partial charge in [-0.1, -0.05) is 196 Å². The molecular formula is C68H76F4. The zero-order chi connectivity index (χ0) is 53.3. The third-order valence-corrected chi connectivity index (χ3v) is 14.6. The molecule has 0 atom stereocenters. The molecule has 0 fully saturated rings. The fraction of sp³-hybridized carbons (Fsp3) is 0.294. The monoisotopic (exact) mass is 969 g/mol. The van der Waals surface area contributed by atoms with Crippen molar-refractivity contribution in [3.8, 4) is 0 Å². The van der Waals surface area contributed by atoms with E-state index in [4.69, 9.17) is 0 Å². The molecule has 0 saturated heterocycles. The Morgan fingerprint density at radius 2 is 0.556 bits per heavy atom. The van der Waals surface area contributed by atoms with Crippen LogP contribution in [0.5, 0.6) is 0 Å². The first kappa shape index (κ1) is 56.4. The molecule has 0 N–H and O–H groups in total. The van der Waals surface area contributed by atoms with E-state index in [1.807, 2.05) is 40.7 Å². The van der Waals surface area contributed by atoms with Gasteiger partial charge in [0.15, 0.2) is 0 Å². The van der Waals surface area contributed by atoms with Gasteiger partial charge >= 0.3 is 0 Å². The van der Waals surface area contributed by atoms with Crippen molar-refractivity contribution in [3.05, 3.63) is 281 Å². The molecule has 72 heavy (non-hydrogen) atoms. The number of halogens is 4. The Morgan fingerprint density at radius 3 is 0.972 bits per heavy atom. The predicted octanol–water partition coefficient (Wildman–Crippen LogP) is 19.4. The van der Waals surface area contributed by atoms with Crippen LogP contribution in [0.2, 0.25) is 0 Å². The lowest BCUT2D eigenvalue weighted by molar-refractivity contribution is 0.0418. The lowest BCUT2D eigenvalue weighted by Crippen LogP contribution is -2.19. The molecule has 8 aromatic carbocycles. The van der Waals surface area contributed by atoms with Gasteiger partial charge in [0.1, 0.15) is 0 Å². The maximum atomic E-state index is 14.5. The molecule has 0 nitrogen and oxygen atoms in total. The lowest BCUT2D eigenvalue weighted by Gasteiger charge is -2.27. The highest BCUT2D eigenvalue weighted by Gasteiger charge is 2.36. The maximum Gasteiger partial charge on any atom is 0.298 e. The zero-order valence-corrected chi connectivity index (χ0v) is 45.7. The minimum atomic E-state index is -2.94. The summed E-state index contributed by atoms with van der Waals surface area (Å²) in [5, 5.41) is 0. The van der Waals surface area contributed by atoms with E-state index < -0.39 is 11.8 Å². The second kappa shape index (κ2) is 23.4. The molecule has 0 heterocycles. The number of alkyl halides is 4. The highest BCUT2D eigenvalue weighted by molar-refractivity contribution is 5.45. The summed E-state index contributed by atoms with van der Waals surface area (Å²) in [6, 6.07) is 54.0. The first-order valence-corrected chi connectivity index (χ1v) is 25.0. The van der Waals surface area contributed by atoms with Crippen molar-refractivity contribution >= 4 is 0 Å². The highest BCUT2D eigenvalue weighted by Crippen LogP contribution is 2.39. The van der Waals surface area contributed by atoms with Crippen LogP contribution < -0.4 is 0 Å². The van der Waals surface area contributed by atoms with Gasteiger partial charge in [0.25, 0.3) is 11.8 Å². The smallest absolute Gasteiger partial charge is 0.196 e. The molecule has 0 bridgehead atoms. The second-order valence-corrected chi connectivity index (χ2v) is 21.0. The van der Waals surface area contributed by atoms with E-state index in [1.54, 1.807) is 55.5 Å². The summed E-state index contributed by atoms with van der Waals surface area (Å²) in [6.45, 7) is 33.2. The normalized spacial score (nSPS) is 11.6. The van der Waals surface area contributed by atoms with Crippen LogP contribution in [0.1, 0.15) is 139 Å². The van der Waals surface area contributed by atoms with Gasteiger partial charge < -0.3 is 0 Å². The topological polar surface area (TPSA) is 0 Å². The second-order valence-electron chi connectivity index (χ2n) is 21.0. The average molecular weight is 969 g/mol. The number of aryl methyl sites for hydroxylation is 12. The van der Waals surface area contributed by atoms with Crippen LogP contribution in [0, 0.1) is 83.1 Å². The molecule has 0 saturated carbocycles. The summed E-state index contributed by atoms with van der Waals surface area (Å²) < 4.78 is 57.7. The predicted molar refractivity (Wildman–Crippen MR) is 299 cm³/mol. The third kappa shape index (κ3) is 13.7. The Bertz CT molecular complexity index is 2990. The number of hydrogen-bond acceptors (Lipinski definition) is 0. The minimum Gasteiger partial charge on any atom is -0.196 e. The van der Waals surface area contributed by atoms with E-state index >= 15 is 0 Å². The quantitative estimate of drug-likeness (QED) is 0.133. The van der Waals surface area contributed by atoms with Crippen LogP contribution in [-0.4, -0.2) is 0 Å². The Hall–Kier alpha value is -6.52. The van der Waals surface area contributed by atoms with Gasteiger partial charge in [0.2, 0.25) is 0 Å². The summed E-state index contributed by atoms with van der Waals surface area (Å²) in [4.78, 5) is 0. The Labute approximate surface area is 430 Å². The van der Waals surface area contributed by atoms with Crippen LogP contribution >= 0.6 is 0 Å². The molecular weight excluding hydrogens is 893 g/mol. The Morgan fingerprint density at radius 1 is 0.236 bits per heavy atom. The van der Waals surface area contributed by atoms with Gasteiger partial charge in [-0.05, 0) is 174 Å². The van der Waals surface area contributed by atoms with Crippen LogP contribution in [0.15, 0.2) is 170 Å². The van der Waals surface area contributed by atoms with Crippen molar-refractivity contribution in [1.82, 2.24) is 0 Å². The van der Waals surface area contributed by atoms with Gasteiger partial charge in [-0.15, -0.1) is 0 Å². The fourth-order valence-corrected chi connectivity index (χ4v) is 8.56. The van der Waals surface area contributed by atoms with Crippen molar-refractivity contribution in [3.63, 3.8) is 0 Å². The summed E-state index contributed by atoms with van der Waals surface area (Å²) in [7, 11) is 0. The van der Waals surface area contributed by atoms with Crippen molar-refractivity contribution in [2.75, 3.05) is 0 Å².